The van der Waals surface area contributed by atoms with E-state index < -0.39 is 5.82 Å². The number of carbonyl (C=O) groups excluding carboxylic acids is 1. The first-order valence-corrected chi connectivity index (χ1v) is 5.80. The molecule has 1 heterocycles. The summed E-state index contributed by atoms with van der Waals surface area (Å²) in [6, 6.07) is 4.36. The molecule has 1 aromatic carbocycles. The Morgan fingerprint density at radius 2 is 2.38 bits per heavy atom. The Morgan fingerprint density at radius 1 is 1.56 bits per heavy atom. The van der Waals surface area contributed by atoms with E-state index in [0.29, 0.717) is 23.2 Å². The molecule has 1 amide bonds. The largest absolute Gasteiger partial charge is 0.379 e. The van der Waals surface area contributed by atoms with Gasteiger partial charge in [-0.1, -0.05) is 0 Å². The van der Waals surface area contributed by atoms with Gasteiger partial charge in [-0.2, -0.15) is 0 Å². The van der Waals surface area contributed by atoms with Crippen molar-refractivity contribution in [2.75, 3.05) is 13.2 Å². The molecule has 2 rings (SSSR count). The summed E-state index contributed by atoms with van der Waals surface area (Å²) in [5.41, 5.74) is 0.326. The second kappa shape index (κ2) is 4.93. The predicted molar refractivity (Wildman–Crippen MR) is 60.8 cm³/mol. The van der Waals surface area contributed by atoms with Crippen LogP contribution in [0.2, 0.25) is 0 Å². The number of hydrogen-bond acceptors (Lipinski definition) is 2. The lowest BCUT2D eigenvalue weighted by Crippen LogP contribution is -2.35. The third kappa shape index (κ3) is 2.59. The molecule has 1 fully saturated rings. The summed E-state index contributed by atoms with van der Waals surface area (Å²) in [4.78, 5) is 11.7. The first kappa shape index (κ1) is 11.5. The predicted octanol–water partition coefficient (Wildman–Crippen LogP) is 2.11. The van der Waals surface area contributed by atoms with Crippen LogP contribution in [0.15, 0.2) is 22.7 Å². The summed E-state index contributed by atoms with van der Waals surface area (Å²) in [7, 11) is 0. The lowest BCUT2D eigenvalue weighted by Gasteiger charge is -2.10. The fourth-order valence-corrected chi connectivity index (χ4v) is 1.80. The maximum Gasteiger partial charge on any atom is 0.251 e. The average Bonchev–Trinajstić information content (AvgIpc) is 2.74. The van der Waals surface area contributed by atoms with E-state index in [4.69, 9.17) is 4.74 Å². The topological polar surface area (TPSA) is 38.3 Å². The molecule has 1 saturated heterocycles. The molecule has 0 spiro atoms. The number of hydrogen-bond donors (Lipinski definition) is 1. The van der Waals surface area contributed by atoms with Crippen molar-refractivity contribution < 1.29 is 13.9 Å². The first-order chi connectivity index (χ1) is 7.66. The molecule has 0 saturated carbocycles. The van der Waals surface area contributed by atoms with Crippen LogP contribution in [-0.2, 0) is 4.74 Å². The second-order valence-electron chi connectivity index (χ2n) is 3.66. The molecule has 0 bridgehead atoms. The summed E-state index contributed by atoms with van der Waals surface area (Å²) in [5, 5.41) is 2.80. The molecular weight excluding hydrogens is 277 g/mol. The number of halogens is 2. The fraction of sp³-hybridized carbons (Fsp3) is 0.364. The summed E-state index contributed by atoms with van der Waals surface area (Å²) in [5.74, 6) is -0.697. The molecule has 5 heteroatoms. The van der Waals surface area contributed by atoms with Gasteiger partial charge < -0.3 is 10.1 Å². The molecule has 0 aromatic heterocycles. The number of amides is 1. The summed E-state index contributed by atoms with van der Waals surface area (Å²) >= 11 is 3.04. The zero-order valence-electron chi connectivity index (χ0n) is 8.50. The van der Waals surface area contributed by atoms with Crippen molar-refractivity contribution in [3.63, 3.8) is 0 Å². The molecule has 1 aromatic rings. The van der Waals surface area contributed by atoms with E-state index in [1.807, 2.05) is 0 Å². The van der Waals surface area contributed by atoms with Gasteiger partial charge in [-0.3, -0.25) is 4.79 Å². The molecule has 16 heavy (non-hydrogen) atoms. The highest BCUT2D eigenvalue weighted by atomic mass is 79.9. The van der Waals surface area contributed by atoms with Gasteiger partial charge in [-0.05, 0) is 40.5 Å². The van der Waals surface area contributed by atoms with E-state index in [1.54, 1.807) is 6.07 Å². The maximum absolute atomic E-state index is 13.2. The van der Waals surface area contributed by atoms with Gasteiger partial charge in [0.25, 0.3) is 5.91 Å². The van der Waals surface area contributed by atoms with Crippen LogP contribution in [0.25, 0.3) is 0 Å². The van der Waals surface area contributed by atoms with Crippen LogP contribution < -0.4 is 5.32 Å². The number of nitrogens with one attached hydrogen (secondary N) is 1. The molecule has 1 aliphatic rings. The summed E-state index contributed by atoms with van der Waals surface area (Å²) < 4.78 is 18.7. The van der Waals surface area contributed by atoms with Crippen molar-refractivity contribution in [2.24, 2.45) is 0 Å². The van der Waals surface area contributed by atoms with Gasteiger partial charge in [-0.25, -0.2) is 4.39 Å². The average molecular weight is 288 g/mol. The number of ether oxygens (including phenoxy) is 1. The molecular formula is C11H11BrFNO2. The highest BCUT2D eigenvalue weighted by molar-refractivity contribution is 9.10. The first-order valence-electron chi connectivity index (χ1n) is 5.00. The zero-order chi connectivity index (χ0) is 11.5. The standard InChI is InChI=1S/C11H11BrFNO2/c12-9-2-1-7(5-10(9)13)11(15)14-8-3-4-16-6-8/h1-2,5,8H,3-4,6H2,(H,14,15). The van der Waals surface area contributed by atoms with E-state index in [9.17, 15) is 9.18 Å². The van der Waals surface area contributed by atoms with Gasteiger partial charge in [0, 0.05) is 12.2 Å². The van der Waals surface area contributed by atoms with Crippen molar-refractivity contribution in [2.45, 2.75) is 12.5 Å². The highest BCUT2D eigenvalue weighted by Gasteiger charge is 2.18. The van der Waals surface area contributed by atoms with E-state index in [0.717, 1.165) is 6.42 Å². The van der Waals surface area contributed by atoms with Crippen molar-refractivity contribution in [1.29, 1.82) is 0 Å². The molecule has 1 N–H and O–H groups in total. The third-order valence-electron chi connectivity index (χ3n) is 2.45. The fourth-order valence-electron chi connectivity index (χ4n) is 1.55. The Bertz CT molecular complexity index is 405. The molecule has 1 unspecified atom stereocenters. The number of benzene rings is 1. The van der Waals surface area contributed by atoms with Gasteiger partial charge in [0.1, 0.15) is 5.82 Å². The summed E-state index contributed by atoms with van der Waals surface area (Å²) in [6.45, 7) is 1.20. The SMILES string of the molecule is O=C(NC1CCOC1)c1ccc(Br)c(F)c1. The van der Waals surface area contributed by atoms with Gasteiger partial charge in [0.15, 0.2) is 0 Å². The monoisotopic (exact) mass is 287 g/mol. The van der Waals surface area contributed by atoms with Crippen molar-refractivity contribution >= 4 is 21.8 Å². The minimum atomic E-state index is -0.435. The Kier molecular flexibility index (Phi) is 3.56. The van der Waals surface area contributed by atoms with Gasteiger partial charge >= 0.3 is 0 Å². The Labute approximate surface area is 101 Å². The van der Waals surface area contributed by atoms with Gasteiger partial charge in [0.2, 0.25) is 0 Å². The minimum absolute atomic E-state index is 0.0409. The highest BCUT2D eigenvalue weighted by Crippen LogP contribution is 2.16. The zero-order valence-corrected chi connectivity index (χ0v) is 10.1. The lowest BCUT2D eigenvalue weighted by molar-refractivity contribution is 0.0929. The Hall–Kier alpha value is -0.940. The van der Waals surface area contributed by atoms with Crippen molar-refractivity contribution in [3.05, 3.63) is 34.1 Å². The van der Waals surface area contributed by atoms with Crippen molar-refractivity contribution in [3.8, 4) is 0 Å². The van der Waals surface area contributed by atoms with Crippen LogP contribution in [0.4, 0.5) is 4.39 Å². The molecule has 0 aliphatic carbocycles. The summed E-state index contributed by atoms with van der Waals surface area (Å²) in [6.07, 6.45) is 0.810. The molecule has 1 aliphatic heterocycles. The second-order valence-corrected chi connectivity index (χ2v) is 4.52. The molecule has 1 atom stereocenters. The Morgan fingerprint density at radius 3 is 3.00 bits per heavy atom. The van der Waals surface area contributed by atoms with E-state index in [-0.39, 0.29) is 11.9 Å². The van der Waals surface area contributed by atoms with Crippen LogP contribution >= 0.6 is 15.9 Å². The smallest absolute Gasteiger partial charge is 0.251 e. The minimum Gasteiger partial charge on any atom is -0.379 e. The third-order valence-corrected chi connectivity index (χ3v) is 3.09. The van der Waals surface area contributed by atoms with Crippen LogP contribution in [0.3, 0.4) is 0 Å². The van der Waals surface area contributed by atoms with Crippen LogP contribution in [0.1, 0.15) is 16.8 Å². The van der Waals surface area contributed by atoms with Gasteiger partial charge in [-0.15, -0.1) is 0 Å². The quantitative estimate of drug-likeness (QED) is 0.905. The Balaban J connectivity index is 2.05. The normalized spacial score (nSPS) is 19.8. The van der Waals surface area contributed by atoms with E-state index in [2.05, 4.69) is 21.2 Å². The maximum atomic E-state index is 13.2. The lowest BCUT2D eigenvalue weighted by atomic mass is 10.2. The molecule has 0 radical (unpaired) electrons. The van der Waals surface area contributed by atoms with Crippen LogP contribution in [0, 0.1) is 5.82 Å². The van der Waals surface area contributed by atoms with Gasteiger partial charge in [0.05, 0.1) is 17.1 Å². The van der Waals surface area contributed by atoms with E-state index >= 15 is 0 Å². The number of rotatable bonds is 2. The van der Waals surface area contributed by atoms with Crippen LogP contribution in [0.5, 0.6) is 0 Å². The molecule has 3 nitrogen and oxygen atoms in total. The van der Waals surface area contributed by atoms with Crippen molar-refractivity contribution in [1.82, 2.24) is 5.32 Å². The number of carbonyl (C=O) groups is 1. The van der Waals surface area contributed by atoms with Crippen LogP contribution in [-0.4, -0.2) is 25.2 Å². The molecule has 86 valence electrons. The van der Waals surface area contributed by atoms with E-state index in [1.165, 1.54) is 12.1 Å².